The molecule has 0 fully saturated rings. The molecule has 4 rings (SSSR count). The maximum atomic E-state index is 12.7. The molecule has 28 heavy (non-hydrogen) atoms. The minimum Gasteiger partial charge on any atom is -0.493 e. The van der Waals surface area contributed by atoms with Crippen LogP contribution in [0.5, 0.6) is 5.88 Å². The summed E-state index contributed by atoms with van der Waals surface area (Å²) in [6, 6.07) is 14.8. The summed E-state index contributed by atoms with van der Waals surface area (Å²) in [6.45, 7) is 5.49. The van der Waals surface area contributed by atoms with Crippen LogP contribution < -0.4 is 5.56 Å². The van der Waals surface area contributed by atoms with Gasteiger partial charge in [-0.15, -0.1) is 0 Å². The lowest BCUT2D eigenvalue weighted by Gasteiger charge is -2.05. The third-order valence-electron chi connectivity index (χ3n) is 4.58. The van der Waals surface area contributed by atoms with Crippen molar-refractivity contribution in [2.75, 3.05) is 0 Å². The predicted octanol–water partition coefficient (Wildman–Crippen LogP) is 3.10. The first-order chi connectivity index (χ1) is 13.5. The summed E-state index contributed by atoms with van der Waals surface area (Å²) in [5.74, 6) is 0.424. The number of para-hydroxylation sites is 1. The number of fused-ring (bicyclic) bond motifs is 1. The first kappa shape index (κ1) is 17.7. The van der Waals surface area contributed by atoms with Gasteiger partial charge in [-0.1, -0.05) is 29.8 Å². The predicted molar refractivity (Wildman–Crippen MR) is 108 cm³/mol. The molecular formula is C21H19N5O2. The fourth-order valence-corrected chi connectivity index (χ4v) is 3.03. The van der Waals surface area contributed by atoms with E-state index in [9.17, 15) is 9.90 Å². The third kappa shape index (κ3) is 2.96. The first-order valence-electron chi connectivity index (χ1n) is 8.84. The van der Waals surface area contributed by atoms with Crippen LogP contribution in [0, 0.1) is 20.8 Å². The quantitative estimate of drug-likeness (QED) is 0.559. The maximum Gasteiger partial charge on any atom is 0.282 e. The van der Waals surface area contributed by atoms with Crippen LogP contribution in [0.2, 0.25) is 0 Å². The van der Waals surface area contributed by atoms with Gasteiger partial charge in [0.05, 0.1) is 34.1 Å². The monoisotopic (exact) mass is 373 g/mol. The summed E-state index contributed by atoms with van der Waals surface area (Å²) in [6.07, 6.45) is 1.44. The number of hydrogen-bond donors (Lipinski definition) is 1. The average Bonchev–Trinajstić information content (AvgIpc) is 2.96. The van der Waals surface area contributed by atoms with Crippen molar-refractivity contribution >= 4 is 17.1 Å². The van der Waals surface area contributed by atoms with E-state index in [1.807, 2.05) is 37.3 Å². The molecule has 0 aliphatic carbocycles. The van der Waals surface area contributed by atoms with Gasteiger partial charge in [0.25, 0.3) is 5.56 Å². The van der Waals surface area contributed by atoms with Gasteiger partial charge in [-0.25, -0.2) is 9.67 Å². The highest BCUT2D eigenvalue weighted by Gasteiger charge is 2.14. The molecule has 0 spiro atoms. The fourth-order valence-electron chi connectivity index (χ4n) is 3.03. The zero-order chi connectivity index (χ0) is 19.8. The molecule has 7 nitrogen and oxygen atoms in total. The van der Waals surface area contributed by atoms with Crippen molar-refractivity contribution in [1.82, 2.24) is 19.4 Å². The van der Waals surface area contributed by atoms with Crippen molar-refractivity contribution < 1.29 is 5.11 Å². The Bertz CT molecular complexity index is 1270. The number of benzene rings is 2. The lowest BCUT2D eigenvalue weighted by Crippen LogP contribution is -2.20. The van der Waals surface area contributed by atoms with E-state index in [0.29, 0.717) is 28.0 Å². The highest BCUT2D eigenvalue weighted by atomic mass is 16.3. The normalized spacial score (nSPS) is 11.5. The summed E-state index contributed by atoms with van der Waals surface area (Å²) in [5, 5.41) is 19.8. The van der Waals surface area contributed by atoms with Crippen LogP contribution in [0.3, 0.4) is 0 Å². The second-order valence-electron chi connectivity index (χ2n) is 6.61. The molecule has 0 unspecified atom stereocenters. The van der Waals surface area contributed by atoms with Gasteiger partial charge >= 0.3 is 0 Å². The van der Waals surface area contributed by atoms with Gasteiger partial charge in [0, 0.05) is 0 Å². The largest absolute Gasteiger partial charge is 0.493 e. The smallest absolute Gasteiger partial charge is 0.282 e. The van der Waals surface area contributed by atoms with Crippen molar-refractivity contribution in [2.45, 2.75) is 20.8 Å². The average molecular weight is 373 g/mol. The molecule has 0 radical (unpaired) electrons. The van der Waals surface area contributed by atoms with Gasteiger partial charge in [-0.05, 0) is 45.0 Å². The number of nitrogens with zero attached hydrogens (tertiary/aromatic N) is 5. The van der Waals surface area contributed by atoms with Gasteiger partial charge < -0.3 is 5.11 Å². The highest BCUT2D eigenvalue weighted by molar-refractivity contribution is 5.84. The minimum absolute atomic E-state index is 0.0375. The Balaban J connectivity index is 1.78. The van der Waals surface area contributed by atoms with Gasteiger partial charge in [0.2, 0.25) is 5.88 Å². The number of aromatic nitrogens is 4. The highest BCUT2D eigenvalue weighted by Crippen LogP contribution is 2.23. The van der Waals surface area contributed by atoms with E-state index in [4.69, 9.17) is 0 Å². The Kier molecular flexibility index (Phi) is 4.27. The molecule has 0 aliphatic rings. The molecule has 1 N–H and O–H groups in total. The van der Waals surface area contributed by atoms with Crippen LogP contribution in [0.25, 0.3) is 16.6 Å². The lowest BCUT2D eigenvalue weighted by molar-refractivity contribution is 0.433. The molecular weight excluding hydrogens is 354 g/mol. The second kappa shape index (κ2) is 6.77. The molecule has 2 heterocycles. The van der Waals surface area contributed by atoms with E-state index in [1.54, 1.807) is 32.0 Å². The fraction of sp³-hybridized carbons (Fsp3) is 0.143. The molecule has 0 saturated carbocycles. The Morgan fingerprint density at radius 2 is 1.75 bits per heavy atom. The molecule has 7 heteroatoms. The zero-order valence-electron chi connectivity index (χ0n) is 15.8. The van der Waals surface area contributed by atoms with E-state index in [1.165, 1.54) is 15.6 Å². The van der Waals surface area contributed by atoms with Crippen LogP contribution in [-0.2, 0) is 0 Å². The van der Waals surface area contributed by atoms with Gasteiger partial charge in [-0.3, -0.25) is 4.79 Å². The number of aromatic hydroxyl groups is 1. The van der Waals surface area contributed by atoms with Crippen molar-refractivity contribution in [3.8, 4) is 11.6 Å². The van der Waals surface area contributed by atoms with Gasteiger partial charge in [-0.2, -0.15) is 14.9 Å². The number of hydrogen-bond acceptors (Lipinski definition) is 5. The molecule has 0 atom stereocenters. The SMILES string of the molecule is Cc1ccc(-n2nc(C)c(C=Nn3c(C)nc4ccccc4c3=O)c2O)cc1. The number of rotatable bonds is 3. The maximum absolute atomic E-state index is 12.7. The van der Waals surface area contributed by atoms with Crippen molar-refractivity contribution in [3.63, 3.8) is 0 Å². The van der Waals surface area contributed by atoms with E-state index in [2.05, 4.69) is 15.2 Å². The van der Waals surface area contributed by atoms with Crippen molar-refractivity contribution in [2.24, 2.45) is 5.10 Å². The van der Waals surface area contributed by atoms with E-state index in [0.717, 1.165) is 11.3 Å². The summed E-state index contributed by atoms with van der Waals surface area (Å²) in [7, 11) is 0. The summed E-state index contributed by atoms with van der Waals surface area (Å²) in [4.78, 5) is 17.1. The molecule has 0 aliphatic heterocycles. The Morgan fingerprint density at radius 1 is 1.04 bits per heavy atom. The molecule has 0 bridgehead atoms. The van der Waals surface area contributed by atoms with Crippen LogP contribution in [0.4, 0.5) is 0 Å². The molecule has 4 aromatic rings. The molecule has 2 aromatic heterocycles. The minimum atomic E-state index is -0.262. The van der Waals surface area contributed by atoms with Crippen LogP contribution in [-0.4, -0.2) is 30.8 Å². The topological polar surface area (TPSA) is 85.3 Å². The standard InChI is InChI=1S/C21H19N5O2/c1-13-8-10-16(11-9-13)26-21(28)18(14(2)24-26)12-22-25-15(3)23-19-7-5-4-6-17(19)20(25)27/h4-12,28H,1-3H3. The van der Waals surface area contributed by atoms with Crippen LogP contribution >= 0.6 is 0 Å². The van der Waals surface area contributed by atoms with Crippen LogP contribution in [0.1, 0.15) is 22.6 Å². The van der Waals surface area contributed by atoms with Gasteiger partial charge in [0.15, 0.2) is 0 Å². The molecule has 2 aromatic carbocycles. The second-order valence-corrected chi connectivity index (χ2v) is 6.61. The number of aryl methyl sites for hydroxylation is 3. The Labute approximate surface area is 161 Å². The summed E-state index contributed by atoms with van der Waals surface area (Å²) < 4.78 is 2.68. The van der Waals surface area contributed by atoms with Crippen LogP contribution in [0.15, 0.2) is 58.4 Å². The van der Waals surface area contributed by atoms with Gasteiger partial charge in [0.1, 0.15) is 5.82 Å². The van der Waals surface area contributed by atoms with Crippen molar-refractivity contribution in [3.05, 3.63) is 81.5 Å². The first-order valence-corrected chi connectivity index (χ1v) is 8.84. The molecule has 0 saturated heterocycles. The van der Waals surface area contributed by atoms with E-state index >= 15 is 0 Å². The molecule has 140 valence electrons. The van der Waals surface area contributed by atoms with Crippen molar-refractivity contribution in [1.29, 1.82) is 0 Å². The Morgan fingerprint density at radius 3 is 2.50 bits per heavy atom. The third-order valence-corrected chi connectivity index (χ3v) is 4.58. The van der Waals surface area contributed by atoms with E-state index < -0.39 is 0 Å². The zero-order valence-corrected chi connectivity index (χ0v) is 15.8. The summed E-state index contributed by atoms with van der Waals surface area (Å²) >= 11 is 0. The van der Waals surface area contributed by atoms with E-state index in [-0.39, 0.29) is 11.4 Å². The molecule has 0 amide bonds. The summed E-state index contributed by atoms with van der Waals surface area (Å²) in [5.41, 5.74) is 3.27. The Hall–Kier alpha value is -3.74. The lowest BCUT2D eigenvalue weighted by atomic mass is 10.2.